The third-order valence-electron chi connectivity index (χ3n) is 4.88. The lowest BCUT2D eigenvalue weighted by Crippen LogP contribution is -2.04. The lowest BCUT2D eigenvalue weighted by atomic mass is 9.94. The summed E-state index contributed by atoms with van der Waals surface area (Å²) in [5.41, 5.74) is 4.70. The van der Waals surface area contributed by atoms with Gasteiger partial charge in [0.15, 0.2) is 0 Å². The molecule has 0 aliphatic heterocycles. The van der Waals surface area contributed by atoms with Gasteiger partial charge < -0.3 is 0 Å². The Morgan fingerprint density at radius 1 is 0.667 bits per heavy atom. The first-order chi connectivity index (χ1) is 11.4. The van der Waals surface area contributed by atoms with Crippen molar-refractivity contribution in [1.82, 2.24) is 0 Å². The summed E-state index contributed by atoms with van der Waals surface area (Å²) in [7, 11) is 0. The van der Waals surface area contributed by atoms with Gasteiger partial charge in [-0.05, 0) is 48.9 Å². The zero-order chi connectivity index (χ0) is 17.7. The molecule has 0 aromatic heterocycles. The Bertz CT molecular complexity index is 632. The Morgan fingerprint density at radius 3 is 1.21 bits per heavy atom. The first kappa shape index (κ1) is 18.1. The highest BCUT2D eigenvalue weighted by atomic mass is 16.1. The monoisotopic (exact) mass is 322 g/mol. The summed E-state index contributed by atoms with van der Waals surface area (Å²) in [6, 6.07) is 16.7. The molecule has 2 atom stereocenters. The highest BCUT2D eigenvalue weighted by Gasteiger charge is 2.11. The van der Waals surface area contributed by atoms with Crippen LogP contribution in [-0.2, 0) is 22.4 Å². The van der Waals surface area contributed by atoms with Gasteiger partial charge in [0.25, 0.3) is 0 Å². The predicted molar refractivity (Wildman–Crippen MR) is 98.5 cm³/mol. The van der Waals surface area contributed by atoms with Crippen molar-refractivity contribution in [2.45, 2.75) is 52.4 Å². The Balaban J connectivity index is 1.96. The molecule has 0 aliphatic carbocycles. The van der Waals surface area contributed by atoms with Crippen LogP contribution in [-0.4, -0.2) is 11.6 Å². The number of aryl methyl sites for hydroxylation is 2. The van der Waals surface area contributed by atoms with Crippen molar-refractivity contribution in [3.05, 3.63) is 70.8 Å². The van der Waals surface area contributed by atoms with Crippen LogP contribution in [0.5, 0.6) is 0 Å². The predicted octanol–water partition coefficient (Wildman–Crippen LogP) is 4.86. The fourth-order valence-corrected chi connectivity index (χ4v) is 2.70. The zero-order valence-electron chi connectivity index (χ0n) is 15.0. The van der Waals surface area contributed by atoms with Gasteiger partial charge >= 0.3 is 0 Å². The van der Waals surface area contributed by atoms with Crippen molar-refractivity contribution >= 4 is 11.6 Å². The van der Waals surface area contributed by atoms with Crippen molar-refractivity contribution < 1.29 is 9.59 Å². The fraction of sp³-hybridized carbons (Fsp3) is 0.364. The van der Waals surface area contributed by atoms with E-state index in [4.69, 9.17) is 0 Å². The summed E-state index contributed by atoms with van der Waals surface area (Å²) in [5, 5.41) is 0. The highest BCUT2D eigenvalue weighted by molar-refractivity contribution is 5.83. The molecule has 0 amide bonds. The molecular formula is C22H26O2. The molecule has 0 N–H and O–H groups in total. The maximum Gasteiger partial charge on any atom is 0.136 e. The highest BCUT2D eigenvalue weighted by Crippen LogP contribution is 2.19. The van der Waals surface area contributed by atoms with E-state index in [0.717, 1.165) is 24.0 Å². The van der Waals surface area contributed by atoms with Crippen LogP contribution in [0, 0.1) is 0 Å². The van der Waals surface area contributed by atoms with E-state index in [9.17, 15) is 9.59 Å². The van der Waals surface area contributed by atoms with Crippen LogP contribution in [0.4, 0.5) is 0 Å². The first-order valence-corrected chi connectivity index (χ1v) is 8.57. The number of Topliss-reactive ketones (excluding diaryl/α,β-unsaturated/α-hetero) is 2. The van der Waals surface area contributed by atoms with Gasteiger partial charge in [0, 0.05) is 11.8 Å². The van der Waals surface area contributed by atoms with Gasteiger partial charge in [-0.2, -0.15) is 0 Å². The average molecular weight is 322 g/mol. The normalized spacial score (nSPS) is 13.3. The lowest BCUT2D eigenvalue weighted by molar-refractivity contribution is -0.118. The van der Waals surface area contributed by atoms with Crippen LogP contribution in [0.2, 0.25) is 0 Å². The number of rotatable bonds is 7. The summed E-state index contributed by atoms with van der Waals surface area (Å²) in [6.45, 7) is 7.16. The number of carbonyl (C=O) groups is 2. The second-order valence-corrected chi connectivity index (χ2v) is 6.65. The number of carbonyl (C=O) groups excluding carboxylic acids is 2. The van der Waals surface area contributed by atoms with E-state index in [1.807, 2.05) is 13.8 Å². The van der Waals surface area contributed by atoms with Crippen LogP contribution >= 0.6 is 0 Å². The number of hydrogen-bond acceptors (Lipinski definition) is 2. The van der Waals surface area contributed by atoms with Crippen LogP contribution in [0.15, 0.2) is 48.5 Å². The number of ketones is 2. The molecule has 0 aliphatic rings. The van der Waals surface area contributed by atoms with E-state index in [1.54, 1.807) is 13.8 Å². The standard InChI is InChI=1S/C22H26O2/c1-15(17(3)23)21-11-7-19(8-12-21)5-6-20-9-13-22(14-10-20)16(2)18(4)24/h7-16H,5-6H2,1-4H3. The molecule has 0 radical (unpaired) electrons. The molecule has 0 heterocycles. The largest absolute Gasteiger partial charge is 0.299 e. The van der Waals surface area contributed by atoms with E-state index in [0.29, 0.717) is 0 Å². The Morgan fingerprint density at radius 2 is 0.958 bits per heavy atom. The van der Waals surface area contributed by atoms with E-state index in [-0.39, 0.29) is 23.4 Å². The average Bonchev–Trinajstić information content (AvgIpc) is 2.59. The van der Waals surface area contributed by atoms with Gasteiger partial charge in [0.2, 0.25) is 0 Å². The molecule has 2 aromatic carbocycles. The van der Waals surface area contributed by atoms with Gasteiger partial charge in [0.1, 0.15) is 11.6 Å². The van der Waals surface area contributed by atoms with Crippen molar-refractivity contribution in [2.24, 2.45) is 0 Å². The topological polar surface area (TPSA) is 34.1 Å². The Hall–Kier alpha value is -2.22. The van der Waals surface area contributed by atoms with E-state index in [1.165, 1.54) is 11.1 Å². The summed E-state index contributed by atoms with van der Waals surface area (Å²) in [6.07, 6.45) is 1.94. The molecule has 24 heavy (non-hydrogen) atoms. The summed E-state index contributed by atoms with van der Waals surface area (Å²) in [4.78, 5) is 22.9. The minimum Gasteiger partial charge on any atom is -0.299 e. The maximum atomic E-state index is 11.4. The maximum absolute atomic E-state index is 11.4. The van der Waals surface area contributed by atoms with Gasteiger partial charge in [0.05, 0.1) is 0 Å². The molecule has 2 heteroatoms. The molecule has 2 rings (SSSR count). The molecule has 2 unspecified atom stereocenters. The molecule has 0 saturated heterocycles. The third kappa shape index (κ3) is 4.64. The minimum absolute atomic E-state index is 0.0325. The third-order valence-corrected chi connectivity index (χ3v) is 4.88. The van der Waals surface area contributed by atoms with Crippen molar-refractivity contribution in [1.29, 1.82) is 0 Å². The lowest BCUT2D eigenvalue weighted by Gasteiger charge is -2.10. The zero-order valence-corrected chi connectivity index (χ0v) is 15.0. The first-order valence-electron chi connectivity index (χ1n) is 8.57. The van der Waals surface area contributed by atoms with E-state index >= 15 is 0 Å². The Labute approximate surface area is 144 Å². The van der Waals surface area contributed by atoms with Crippen molar-refractivity contribution in [3.8, 4) is 0 Å². The Kier molecular flexibility index (Phi) is 6.08. The summed E-state index contributed by atoms with van der Waals surface area (Å²) < 4.78 is 0. The molecule has 0 saturated carbocycles. The van der Waals surface area contributed by atoms with Crippen molar-refractivity contribution in [2.75, 3.05) is 0 Å². The number of hydrogen-bond donors (Lipinski definition) is 0. The van der Waals surface area contributed by atoms with Gasteiger partial charge in [-0.1, -0.05) is 62.4 Å². The van der Waals surface area contributed by atoms with Crippen LogP contribution in [0.1, 0.15) is 61.8 Å². The molecule has 2 nitrogen and oxygen atoms in total. The molecule has 0 bridgehead atoms. The van der Waals surface area contributed by atoms with Gasteiger partial charge in [-0.25, -0.2) is 0 Å². The molecular weight excluding hydrogens is 296 g/mol. The second kappa shape index (κ2) is 8.05. The molecule has 0 spiro atoms. The SMILES string of the molecule is CC(=O)C(C)c1ccc(CCc2ccc(C(C)C(C)=O)cc2)cc1. The van der Waals surface area contributed by atoms with E-state index in [2.05, 4.69) is 48.5 Å². The number of benzene rings is 2. The van der Waals surface area contributed by atoms with Crippen LogP contribution < -0.4 is 0 Å². The van der Waals surface area contributed by atoms with Gasteiger partial charge in [-0.3, -0.25) is 9.59 Å². The molecule has 0 fully saturated rings. The minimum atomic E-state index is -0.0325. The van der Waals surface area contributed by atoms with E-state index < -0.39 is 0 Å². The van der Waals surface area contributed by atoms with Gasteiger partial charge in [-0.15, -0.1) is 0 Å². The quantitative estimate of drug-likeness (QED) is 0.729. The smallest absolute Gasteiger partial charge is 0.136 e. The van der Waals surface area contributed by atoms with Crippen LogP contribution in [0.3, 0.4) is 0 Å². The summed E-state index contributed by atoms with van der Waals surface area (Å²) in [5.74, 6) is 0.329. The fourth-order valence-electron chi connectivity index (χ4n) is 2.70. The van der Waals surface area contributed by atoms with Crippen molar-refractivity contribution in [3.63, 3.8) is 0 Å². The van der Waals surface area contributed by atoms with Crippen LogP contribution in [0.25, 0.3) is 0 Å². The molecule has 126 valence electrons. The summed E-state index contributed by atoms with van der Waals surface area (Å²) >= 11 is 0. The molecule has 2 aromatic rings. The second-order valence-electron chi connectivity index (χ2n) is 6.65.